The van der Waals surface area contributed by atoms with Crippen molar-refractivity contribution in [2.75, 3.05) is 0 Å². The third-order valence-electron chi connectivity index (χ3n) is 3.40. The van der Waals surface area contributed by atoms with Crippen molar-refractivity contribution in [2.45, 2.75) is 12.2 Å². The summed E-state index contributed by atoms with van der Waals surface area (Å²) >= 11 is 0. The Kier molecular flexibility index (Phi) is 3.05. The summed E-state index contributed by atoms with van der Waals surface area (Å²) in [5.74, 6) is 0.540. The van der Waals surface area contributed by atoms with E-state index in [1.54, 1.807) is 24.3 Å². The van der Waals surface area contributed by atoms with Gasteiger partial charge in [-0.3, -0.25) is 10.1 Å². The number of para-hydroxylation sites is 1. The predicted molar refractivity (Wildman–Crippen MR) is 73.5 cm³/mol. The number of hydrogen-bond acceptors (Lipinski definition) is 5. The fourth-order valence-electron chi connectivity index (χ4n) is 2.44. The quantitative estimate of drug-likeness (QED) is 0.518. The van der Waals surface area contributed by atoms with Crippen molar-refractivity contribution >= 4 is 5.69 Å². The zero-order valence-corrected chi connectivity index (χ0v) is 10.8. The number of rotatable bonds is 2. The van der Waals surface area contributed by atoms with Crippen LogP contribution >= 0.6 is 0 Å². The number of nitro benzene ring substituents is 1. The molecule has 2 atom stereocenters. The maximum atomic E-state index is 10.9. The van der Waals surface area contributed by atoms with Gasteiger partial charge in [-0.15, -0.1) is 0 Å². The number of aliphatic hydroxyl groups excluding tert-OH is 1. The third-order valence-corrected chi connectivity index (χ3v) is 3.40. The second-order valence-corrected chi connectivity index (χ2v) is 4.64. The van der Waals surface area contributed by atoms with Crippen LogP contribution in [0.25, 0.3) is 11.1 Å². The number of ether oxygens (including phenoxy) is 1. The average molecular weight is 282 g/mol. The van der Waals surface area contributed by atoms with E-state index in [1.165, 1.54) is 12.1 Å². The van der Waals surface area contributed by atoms with Crippen LogP contribution in [0.15, 0.2) is 42.5 Å². The molecule has 6 nitrogen and oxygen atoms in total. The minimum absolute atomic E-state index is 0.105. The van der Waals surface area contributed by atoms with Gasteiger partial charge in [-0.25, -0.2) is 0 Å². The summed E-state index contributed by atoms with van der Waals surface area (Å²) < 4.78 is 5.65. The number of nitro groups is 1. The summed E-state index contributed by atoms with van der Waals surface area (Å²) in [5, 5.41) is 29.7. The van der Waals surface area contributed by atoms with Crippen molar-refractivity contribution in [3.8, 4) is 22.9 Å². The summed E-state index contributed by atoms with van der Waals surface area (Å²) in [6, 6.07) is 13.2. The third kappa shape index (κ3) is 2.10. The molecule has 0 aromatic heterocycles. The van der Waals surface area contributed by atoms with Crippen molar-refractivity contribution < 1.29 is 14.8 Å². The van der Waals surface area contributed by atoms with E-state index in [0.29, 0.717) is 11.3 Å². The molecule has 0 spiro atoms. The fraction of sp³-hybridized carbons (Fsp3) is 0.133. The lowest BCUT2D eigenvalue weighted by molar-refractivity contribution is -0.385. The summed E-state index contributed by atoms with van der Waals surface area (Å²) in [4.78, 5) is 10.4. The number of nitrogens with zero attached hydrogens (tertiary/aromatic N) is 2. The lowest BCUT2D eigenvalue weighted by atomic mass is 9.90. The van der Waals surface area contributed by atoms with Crippen molar-refractivity contribution in [1.29, 1.82) is 5.26 Å². The Balaban J connectivity index is 2.23. The number of hydrogen-bond donors (Lipinski definition) is 1. The fourth-order valence-corrected chi connectivity index (χ4v) is 2.44. The van der Waals surface area contributed by atoms with E-state index in [0.717, 1.165) is 11.1 Å². The topological polar surface area (TPSA) is 96.4 Å². The molecule has 1 aliphatic heterocycles. The van der Waals surface area contributed by atoms with Gasteiger partial charge in [0.1, 0.15) is 5.75 Å². The van der Waals surface area contributed by atoms with Crippen LogP contribution in [0, 0.1) is 21.4 Å². The standard InChI is InChI=1S/C15H10N2O4/c16-8-13(18)15-12-7-9(17(19)20)5-6-10(12)11-3-1-2-4-14(11)21-15/h1-7,13,15,18H. The first-order chi connectivity index (χ1) is 10.1. The van der Waals surface area contributed by atoms with Gasteiger partial charge in [0.2, 0.25) is 0 Å². The molecule has 2 aromatic carbocycles. The Morgan fingerprint density at radius 3 is 2.76 bits per heavy atom. The van der Waals surface area contributed by atoms with E-state index in [2.05, 4.69) is 0 Å². The van der Waals surface area contributed by atoms with Gasteiger partial charge in [0.25, 0.3) is 5.69 Å². The minimum Gasteiger partial charge on any atom is -0.481 e. The Hall–Kier alpha value is -2.91. The Bertz CT molecular complexity index is 767. The predicted octanol–water partition coefficient (Wildman–Crippen LogP) is 2.58. The zero-order valence-electron chi connectivity index (χ0n) is 10.8. The van der Waals surface area contributed by atoms with Crippen LogP contribution in [0.1, 0.15) is 11.7 Å². The van der Waals surface area contributed by atoms with Crippen molar-refractivity contribution in [3.05, 3.63) is 58.1 Å². The Morgan fingerprint density at radius 1 is 1.29 bits per heavy atom. The van der Waals surface area contributed by atoms with Crippen molar-refractivity contribution in [2.24, 2.45) is 0 Å². The highest BCUT2D eigenvalue weighted by atomic mass is 16.6. The van der Waals surface area contributed by atoms with Crippen LogP contribution in [0.2, 0.25) is 0 Å². The van der Waals surface area contributed by atoms with E-state index < -0.39 is 17.1 Å². The van der Waals surface area contributed by atoms with Crippen LogP contribution in [0.3, 0.4) is 0 Å². The average Bonchev–Trinajstić information content (AvgIpc) is 2.52. The van der Waals surface area contributed by atoms with E-state index in [1.807, 2.05) is 12.1 Å². The molecule has 1 aliphatic rings. The van der Waals surface area contributed by atoms with Crippen LogP contribution in [0.5, 0.6) is 5.75 Å². The monoisotopic (exact) mass is 282 g/mol. The molecule has 0 saturated carbocycles. The lowest BCUT2D eigenvalue weighted by Crippen LogP contribution is -2.25. The molecule has 0 fully saturated rings. The SMILES string of the molecule is N#CC(O)C1Oc2ccccc2-c2ccc([N+](=O)[O-])cc21. The van der Waals surface area contributed by atoms with Crippen LogP contribution in [-0.2, 0) is 0 Å². The zero-order chi connectivity index (χ0) is 15.0. The summed E-state index contributed by atoms with van der Waals surface area (Å²) in [6.45, 7) is 0. The molecule has 3 rings (SSSR count). The van der Waals surface area contributed by atoms with Gasteiger partial charge in [-0.1, -0.05) is 18.2 Å². The van der Waals surface area contributed by atoms with Gasteiger partial charge in [-0.05, 0) is 17.7 Å². The molecule has 1 heterocycles. The second-order valence-electron chi connectivity index (χ2n) is 4.64. The normalized spacial score (nSPS) is 16.9. The molecular weight excluding hydrogens is 272 g/mol. The first kappa shape index (κ1) is 13.1. The van der Waals surface area contributed by atoms with E-state index in [9.17, 15) is 15.2 Å². The number of non-ortho nitro benzene ring substituents is 1. The Morgan fingerprint density at radius 2 is 2.05 bits per heavy atom. The molecule has 21 heavy (non-hydrogen) atoms. The molecule has 0 aliphatic carbocycles. The van der Waals surface area contributed by atoms with E-state index >= 15 is 0 Å². The van der Waals surface area contributed by atoms with Gasteiger partial charge in [0.05, 0.1) is 11.0 Å². The number of aliphatic hydroxyl groups is 1. The molecular formula is C15H10N2O4. The maximum absolute atomic E-state index is 10.9. The van der Waals surface area contributed by atoms with Crippen molar-refractivity contribution in [1.82, 2.24) is 0 Å². The number of fused-ring (bicyclic) bond motifs is 3. The highest BCUT2D eigenvalue weighted by Crippen LogP contribution is 2.44. The second kappa shape index (κ2) is 4.89. The van der Waals surface area contributed by atoms with E-state index in [4.69, 9.17) is 10.00 Å². The minimum atomic E-state index is -1.40. The molecule has 2 unspecified atom stereocenters. The smallest absolute Gasteiger partial charge is 0.269 e. The Labute approximate surface area is 120 Å². The molecule has 6 heteroatoms. The van der Waals surface area contributed by atoms with Crippen LogP contribution in [-0.4, -0.2) is 16.1 Å². The van der Waals surface area contributed by atoms with Crippen LogP contribution < -0.4 is 4.74 Å². The van der Waals surface area contributed by atoms with Crippen LogP contribution in [0.4, 0.5) is 5.69 Å². The van der Waals surface area contributed by atoms with Gasteiger partial charge < -0.3 is 9.84 Å². The number of nitriles is 1. The first-order valence-corrected chi connectivity index (χ1v) is 6.24. The van der Waals surface area contributed by atoms with E-state index in [-0.39, 0.29) is 5.69 Å². The molecule has 0 radical (unpaired) electrons. The van der Waals surface area contributed by atoms with Crippen molar-refractivity contribution in [3.63, 3.8) is 0 Å². The highest BCUT2D eigenvalue weighted by Gasteiger charge is 2.32. The van der Waals surface area contributed by atoms with Gasteiger partial charge in [-0.2, -0.15) is 5.26 Å². The molecule has 0 bridgehead atoms. The molecule has 104 valence electrons. The summed E-state index contributed by atoms with van der Waals surface area (Å²) in [7, 11) is 0. The molecule has 0 saturated heterocycles. The summed E-state index contributed by atoms with van der Waals surface area (Å²) in [6.07, 6.45) is -2.35. The lowest BCUT2D eigenvalue weighted by Gasteiger charge is -2.29. The summed E-state index contributed by atoms with van der Waals surface area (Å²) in [5.41, 5.74) is 1.84. The largest absolute Gasteiger partial charge is 0.481 e. The molecule has 2 aromatic rings. The molecule has 1 N–H and O–H groups in total. The first-order valence-electron chi connectivity index (χ1n) is 6.24. The molecule has 0 amide bonds. The van der Waals surface area contributed by atoms with Gasteiger partial charge >= 0.3 is 0 Å². The highest BCUT2D eigenvalue weighted by molar-refractivity contribution is 5.77. The number of benzene rings is 2. The van der Waals surface area contributed by atoms with Gasteiger partial charge in [0, 0.05) is 23.3 Å². The van der Waals surface area contributed by atoms with Gasteiger partial charge in [0.15, 0.2) is 12.2 Å². The maximum Gasteiger partial charge on any atom is 0.269 e.